The van der Waals surface area contributed by atoms with E-state index >= 15 is 0 Å². The van der Waals surface area contributed by atoms with Crippen LogP contribution in [0.4, 0.5) is 0 Å². The molecule has 1 aliphatic heterocycles. The zero-order valence-corrected chi connectivity index (χ0v) is 15.8. The lowest BCUT2D eigenvalue weighted by Crippen LogP contribution is -2.32. The molecule has 134 valence electrons. The van der Waals surface area contributed by atoms with Gasteiger partial charge >= 0.3 is 0 Å². The molecule has 0 bridgehead atoms. The molecule has 1 heterocycles. The number of likely N-dealkylation sites (N-methyl/N-ethyl adjacent to an activating group) is 1. The van der Waals surface area contributed by atoms with Crippen molar-refractivity contribution >= 4 is 11.6 Å². The van der Waals surface area contributed by atoms with Gasteiger partial charge < -0.3 is 14.4 Å². The molecule has 1 atom stereocenters. The van der Waals surface area contributed by atoms with Gasteiger partial charge in [-0.1, -0.05) is 36.7 Å². The van der Waals surface area contributed by atoms with Crippen LogP contribution in [0, 0.1) is 0 Å². The van der Waals surface area contributed by atoms with Gasteiger partial charge in [0.2, 0.25) is 0 Å². The molecule has 0 radical (unpaired) electrons. The van der Waals surface area contributed by atoms with Crippen molar-refractivity contribution in [2.75, 3.05) is 33.4 Å². The number of methoxy groups -OCH3 is 1. The molecule has 3 rings (SSSR count). The summed E-state index contributed by atoms with van der Waals surface area (Å²) in [5.41, 5.74) is 2.59. The maximum atomic E-state index is 6.09. The lowest BCUT2D eigenvalue weighted by Gasteiger charge is -2.31. The summed E-state index contributed by atoms with van der Waals surface area (Å²) in [4.78, 5) is 2.52. The maximum absolute atomic E-state index is 6.09. The van der Waals surface area contributed by atoms with Crippen molar-refractivity contribution in [2.45, 2.75) is 25.7 Å². The van der Waals surface area contributed by atoms with Gasteiger partial charge in [-0.15, -0.1) is 0 Å². The van der Waals surface area contributed by atoms with E-state index in [9.17, 15) is 0 Å². The van der Waals surface area contributed by atoms with Crippen molar-refractivity contribution in [3.05, 3.63) is 58.6 Å². The summed E-state index contributed by atoms with van der Waals surface area (Å²) in [5, 5.41) is 0.813. The number of fused-ring (bicyclic) bond motifs is 1. The van der Waals surface area contributed by atoms with Crippen LogP contribution in [0.15, 0.2) is 42.5 Å². The largest absolute Gasteiger partial charge is 0.497 e. The molecule has 0 spiro atoms. The summed E-state index contributed by atoms with van der Waals surface area (Å²) in [7, 11) is 1.69. The second kappa shape index (κ2) is 8.59. The van der Waals surface area contributed by atoms with Crippen LogP contribution in [-0.4, -0.2) is 38.3 Å². The minimum absolute atomic E-state index is 0.508. The SMILES string of the molecule is CCN(CCc1cccc(Cl)c1)CC1CCOc2cc(OC)ccc21. The Hall–Kier alpha value is -1.71. The molecule has 1 aliphatic rings. The highest BCUT2D eigenvalue weighted by Crippen LogP contribution is 2.36. The zero-order valence-electron chi connectivity index (χ0n) is 15.0. The number of hydrogen-bond donors (Lipinski definition) is 0. The van der Waals surface area contributed by atoms with E-state index in [0.29, 0.717) is 5.92 Å². The van der Waals surface area contributed by atoms with Crippen LogP contribution < -0.4 is 9.47 Å². The van der Waals surface area contributed by atoms with Gasteiger partial charge in [0.25, 0.3) is 0 Å². The molecule has 0 fully saturated rings. The molecule has 4 heteroatoms. The molecule has 3 nitrogen and oxygen atoms in total. The highest BCUT2D eigenvalue weighted by molar-refractivity contribution is 6.30. The molecule has 0 amide bonds. The van der Waals surface area contributed by atoms with E-state index in [-0.39, 0.29) is 0 Å². The Morgan fingerprint density at radius 3 is 2.88 bits per heavy atom. The quantitative estimate of drug-likeness (QED) is 0.710. The summed E-state index contributed by atoms with van der Waals surface area (Å²) in [6, 6.07) is 14.3. The minimum atomic E-state index is 0.508. The van der Waals surface area contributed by atoms with Gasteiger partial charge in [-0.3, -0.25) is 0 Å². The zero-order chi connectivity index (χ0) is 17.6. The Labute approximate surface area is 155 Å². The van der Waals surface area contributed by atoms with E-state index in [0.717, 1.165) is 55.6 Å². The van der Waals surface area contributed by atoms with Crippen LogP contribution in [0.2, 0.25) is 5.02 Å². The first-order valence-electron chi connectivity index (χ1n) is 8.97. The highest BCUT2D eigenvalue weighted by atomic mass is 35.5. The van der Waals surface area contributed by atoms with Gasteiger partial charge in [0, 0.05) is 30.1 Å². The van der Waals surface area contributed by atoms with E-state index in [1.54, 1.807) is 7.11 Å². The Balaban J connectivity index is 1.64. The van der Waals surface area contributed by atoms with Crippen LogP contribution in [0.3, 0.4) is 0 Å². The molecule has 1 unspecified atom stereocenters. The molecular weight excluding hydrogens is 334 g/mol. The molecule has 0 saturated carbocycles. The molecule has 2 aromatic rings. The topological polar surface area (TPSA) is 21.7 Å². The Morgan fingerprint density at radius 2 is 2.12 bits per heavy atom. The molecule has 0 aromatic heterocycles. The van der Waals surface area contributed by atoms with E-state index in [1.807, 2.05) is 24.3 Å². The van der Waals surface area contributed by atoms with Crippen LogP contribution in [0.5, 0.6) is 11.5 Å². The summed E-state index contributed by atoms with van der Waals surface area (Å²) < 4.78 is 11.2. The van der Waals surface area contributed by atoms with Crippen molar-refractivity contribution < 1.29 is 9.47 Å². The third-order valence-corrected chi connectivity index (χ3v) is 5.15. The smallest absolute Gasteiger partial charge is 0.126 e. The summed E-state index contributed by atoms with van der Waals surface area (Å²) >= 11 is 6.09. The van der Waals surface area contributed by atoms with Gasteiger partial charge in [0.05, 0.1) is 13.7 Å². The average Bonchev–Trinajstić information content (AvgIpc) is 2.64. The number of rotatable bonds is 7. The highest BCUT2D eigenvalue weighted by Gasteiger charge is 2.23. The van der Waals surface area contributed by atoms with Crippen LogP contribution in [0.25, 0.3) is 0 Å². The lowest BCUT2D eigenvalue weighted by molar-refractivity contribution is 0.217. The fraction of sp³-hybridized carbons (Fsp3) is 0.429. The second-order valence-corrected chi connectivity index (χ2v) is 6.95. The van der Waals surface area contributed by atoms with Crippen molar-refractivity contribution in [3.63, 3.8) is 0 Å². The second-order valence-electron chi connectivity index (χ2n) is 6.51. The molecule has 25 heavy (non-hydrogen) atoms. The van der Waals surface area contributed by atoms with Gasteiger partial charge in [0.15, 0.2) is 0 Å². The third kappa shape index (κ3) is 4.68. The van der Waals surface area contributed by atoms with Gasteiger partial charge in [-0.25, -0.2) is 0 Å². The van der Waals surface area contributed by atoms with Gasteiger partial charge in [-0.05, 0) is 48.7 Å². The van der Waals surface area contributed by atoms with Crippen molar-refractivity contribution in [1.82, 2.24) is 4.90 Å². The van der Waals surface area contributed by atoms with Gasteiger partial charge in [0.1, 0.15) is 11.5 Å². The number of benzene rings is 2. The predicted molar refractivity (Wildman–Crippen MR) is 103 cm³/mol. The first-order chi connectivity index (χ1) is 12.2. The predicted octanol–water partition coefficient (Wildman–Crippen LogP) is 4.78. The fourth-order valence-corrected chi connectivity index (χ4v) is 3.64. The lowest BCUT2D eigenvalue weighted by atomic mass is 9.92. The molecule has 0 saturated heterocycles. The monoisotopic (exact) mass is 359 g/mol. The third-order valence-electron chi connectivity index (χ3n) is 4.92. The summed E-state index contributed by atoms with van der Waals surface area (Å²) in [6.07, 6.45) is 2.08. The molecule has 0 N–H and O–H groups in total. The Morgan fingerprint density at radius 1 is 1.24 bits per heavy atom. The molecule has 0 aliphatic carbocycles. The maximum Gasteiger partial charge on any atom is 0.126 e. The summed E-state index contributed by atoms with van der Waals surface area (Å²) in [5.74, 6) is 2.34. The van der Waals surface area contributed by atoms with Crippen LogP contribution in [-0.2, 0) is 6.42 Å². The molecular formula is C21H26ClNO2. The molecule has 2 aromatic carbocycles. The normalized spacial score (nSPS) is 16.4. The number of halogens is 1. The van der Waals surface area contributed by atoms with E-state index in [4.69, 9.17) is 21.1 Å². The fourth-order valence-electron chi connectivity index (χ4n) is 3.43. The Kier molecular flexibility index (Phi) is 6.22. The standard InChI is InChI=1S/C21H26ClNO2/c1-3-23(11-9-16-5-4-6-18(22)13-16)15-17-10-12-25-21-14-19(24-2)7-8-20(17)21/h4-8,13-14,17H,3,9-12,15H2,1-2H3. The van der Waals surface area contributed by atoms with E-state index in [1.165, 1.54) is 11.1 Å². The van der Waals surface area contributed by atoms with Crippen molar-refractivity contribution in [2.24, 2.45) is 0 Å². The number of nitrogens with zero attached hydrogens (tertiary/aromatic N) is 1. The first kappa shape index (κ1) is 18.1. The van der Waals surface area contributed by atoms with E-state index < -0.39 is 0 Å². The number of hydrogen-bond acceptors (Lipinski definition) is 3. The van der Waals surface area contributed by atoms with Crippen LogP contribution >= 0.6 is 11.6 Å². The van der Waals surface area contributed by atoms with Gasteiger partial charge in [-0.2, -0.15) is 0 Å². The van der Waals surface area contributed by atoms with Crippen molar-refractivity contribution in [1.29, 1.82) is 0 Å². The minimum Gasteiger partial charge on any atom is -0.497 e. The summed E-state index contributed by atoms with van der Waals surface area (Å²) in [6.45, 7) is 6.14. The first-order valence-corrected chi connectivity index (χ1v) is 9.35. The van der Waals surface area contributed by atoms with Crippen molar-refractivity contribution in [3.8, 4) is 11.5 Å². The van der Waals surface area contributed by atoms with Crippen LogP contribution in [0.1, 0.15) is 30.4 Å². The Bertz CT molecular complexity index is 704. The van der Waals surface area contributed by atoms with E-state index in [2.05, 4.69) is 30.0 Å². The average molecular weight is 360 g/mol. The number of ether oxygens (including phenoxy) is 2.